The van der Waals surface area contributed by atoms with E-state index in [0.717, 1.165) is 11.3 Å². The number of carbonyl (C=O) groups excluding carboxylic acids is 3. The summed E-state index contributed by atoms with van der Waals surface area (Å²) in [6.45, 7) is 0. The number of ketones is 2. The van der Waals surface area contributed by atoms with E-state index >= 15 is 0 Å². The van der Waals surface area contributed by atoms with Gasteiger partial charge in [-0.15, -0.1) is 11.3 Å². The van der Waals surface area contributed by atoms with Crippen molar-refractivity contribution in [2.75, 3.05) is 10.2 Å². The molecule has 1 N–H and O–H groups in total. The lowest BCUT2D eigenvalue weighted by molar-refractivity contribution is -0.121. The Labute approximate surface area is 238 Å². The fourth-order valence-electron chi connectivity index (χ4n) is 6.54. The first-order chi connectivity index (χ1) is 18.9. The molecule has 4 atom stereocenters. The van der Waals surface area contributed by atoms with Gasteiger partial charge in [-0.25, -0.2) is 0 Å². The lowest BCUT2D eigenvalue weighted by atomic mass is 9.64. The second kappa shape index (κ2) is 8.91. The van der Waals surface area contributed by atoms with E-state index in [1.807, 2.05) is 77.0 Å². The molecule has 7 rings (SSSR count). The largest absolute Gasteiger partial charge is 0.352 e. The van der Waals surface area contributed by atoms with Crippen LogP contribution in [0, 0.1) is 5.92 Å². The van der Waals surface area contributed by atoms with Crippen molar-refractivity contribution in [2.45, 2.75) is 17.5 Å². The topological polar surface area (TPSA) is 66.5 Å². The Hall–Kier alpha value is -3.71. The van der Waals surface area contributed by atoms with Crippen LogP contribution in [0.1, 0.15) is 31.2 Å². The number of halogens is 2. The summed E-state index contributed by atoms with van der Waals surface area (Å²) < 4.78 is 0. The van der Waals surface area contributed by atoms with Crippen molar-refractivity contribution >= 4 is 69.5 Å². The van der Waals surface area contributed by atoms with Crippen LogP contribution in [0.4, 0.5) is 11.4 Å². The first-order valence-electron chi connectivity index (χ1n) is 12.5. The average Bonchev–Trinajstić information content (AvgIpc) is 3.65. The van der Waals surface area contributed by atoms with E-state index < -0.39 is 23.4 Å². The molecule has 3 aromatic carbocycles. The third-order valence-electron chi connectivity index (χ3n) is 8.05. The van der Waals surface area contributed by atoms with E-state index in [1.54, 1.807) is 18.2 Å². The van der Waals surface area contributed by atoms with Crippen molar-refractivity contribution < 1.29 is 14.4 Å². The molecule has 1 spiro atoms. The molecule has 1 saturated heterocycles. The summed E-state index contributed by atoms with van der Waals surface area (Å²) in [5.41, 5.74) is 1.89. The Bertz CT molecular complexity index is 1720. The molecule has 4 heterocycles. The van der Waals surface area contributed by atoms with Crippen LogP contribution in [0.25, 0.3) is 6.08 Å². The number of rotatable bonds is 4. The molecule has 1 amide bonds. The van der Waals surface area contributed by atoms with Gasteiger partial charge in [0.1, 0.15) is 11.5 Å². The van der Waals surface area contributed by atoms with Gasteiger partial charge < -0.3 is 10.2 Å². The van der Waals surface area contributed by atoms with Gasteiger partial charge in [0.25, 0.3) is 0 Å². The molecule has 1 aromatic heterocycles. The number of carbonyl (C=O) groups is 3. The first-order valence-corrected chi connectivity index (χ1v) is 14.1. The summed E-state index contributed by atoms with van der Waals surface area (Å²) in [4.78, 5) is 45.9. The fraction of sp³-hybridized carbons (Fsp3) is 0.129. The second-order valence-electron chi connectivity index (χ2n) is 9.89. The SMILES string of the molecule is O=C(c1cccs1)[C@@H]1[C@H](C(=O)c2ccc(Cl)cc2Cl)[C@]2(C(=O)Nc3ccccc32)[C@H]2C=Cc3ccccc3N12. The molecule has 4 aromatic rings. The van der Waals surface area contributed by atoms with Crippen molar-refractivity contribution in [1.29, 1.82) is 0 Å². The van der Waals surface area contributed by atoms with E-state index in [-0.39, 0.29) is 28.1 Å². The van der Waals surface area contributed by atoms with Gasteiger partial charge in [0.2, 0.25) is 5.91 Å². The maximum Gasteiger partial charge on any atom is 0.238 e. The van der Waals surface area contributed by atoms with E-state index in [1.165, 1.54) is 17.4 Å². The highest BCUT2D eigenvalue weighted by Crippen LogP contribution is 2.58. The number of hydrogen-bond donors (Lipinski definition) is 1. The van der Waals surface area contributed by atoms with Crippen LogP contribution in [-0.2, 0) is 10.2 Å². The van der Waals surface area contributed by atoms with E-state index in [2.05, 4.69) is 5.32 Å². The lowest BCUT2D eigenvalue weighted by Gasteiger charge is -2.37. The van der Waals surface area contributed by atoms with Gasteiger partial charge in [-0.2, -0.15) is 0 Å². The van der Waals surface area contributed by atoms with Crippen LogP contribution < -0.4 is 10.2 Å². The number of nitrogens with one attached hydrogen (secondary N) is 1. The molecule has 0 radical (unpaired) electrons. The molecule has 1 fully saturated rings. The Morgan fingerprint density at radius 3 is 2.51 bits per heavy atom. The van der Waals surface area contributed by atoms with E-state index in [4.69, 9.17) is 23.2 Å². The zero-order chi connectivity index (χ0) is 26.9. The van der Waals surface area contributed by atoms with Crippen LogP contribution >= 0.6 is 34.5 Å². The van der Waals surface area contributed by atoms with Gasteiger partial charge in [0.05, 0.1) is 21.9 Å². The fourth-order valence-corrected chi connectivity index (χ4v) is 7.74. The van der Waals surface area contributed by atoms with Crippen molar-refractivity contribution in [3.8, 4) is 0 Å². The normalized spacial score (nSPS) is 24.3. The van der Waals surface area contributed by atoms with E-state index in [0.29, 0.717) is 21.2 Å². The summed E-state index contributed by atoms with van der Waals surface area (Å²) in [5, 5.41) is 5.43. The predicted octanol–water partition coefficient (Wildman–Crippen LogP) is 6.91. The van der Waals surface area contributed by atoms with Crippen LogP contribution in [0.3, 0.4) is 0 Å². The first kappa shape index (κ1) is 24.3. The number of nitrogens with zero attached hydrogens (tertiary/aromatic N) is 1. The Morgan fingerprint density at radius 1 is 0.923 bits per heavy atom. The van der Waals surface area contributed by atoms with Gasteiger partial charge in [-0.1, -0.05) is 77.8 Å². The molecule has 0 bridgehead atoms. The third kappa shape index (κ3) is 3.35. The van der Waals surface area contributed by atoms with Crippen LogP contribution in [0.2, 0.25) is 10.0 Å². The predicted molar refractivity (Wildman–Crippen MR) is 155 cm³/mol. The number of anilines is 2. The van der Waals surface area contributed by atoms with Crippen molar-refractivity contribution in [1.82, 2.24) is 0 Å². The van der Waals surface area contributed by atoms with E-state index in [9.17, 15) is 14.4 Å². The summed E-state index contributed by atoms with van der Waals surface area (Å²) in [5.74, 6) is -1.97. The Morgan fingerprint density at radius 2 is 1.72 bits per heavy atom. The summed E-state index contributed by atoms with van der Waals surface area (Å²) >= 11 is 14.1. The van der Waals surface area contributed by atoms with Gasteiger partial charge in [-0.3, -0.25) is 14.4 Å². The zero-order valence-corrected chi connectivity index (χ0v) is 22.6. The quantitative estimate of drug-likeness (QED) is 0.271. The smallest absolute Gasteiger partial charge is 0.238 e. The molecule has 0 saturated carbocycles. The van der Waals surface area contributed by atoms with Crippen molar-refractivity contribution in [3.63, 3.8) is 0 Å². The third-order valence-corrected chi connectivity index (χ3v) is 9.49. The number of thiophene rings is 1. The highest BCUT2D eigenvalue weighted by molar-refractivity contribution is 7.12. The molecule has 192 valence electrons. The number of benzene rings is 3. The minimum Gasteiger partial charge on any atom is -0.352 e. The number of fused-ring (bicyclic) bond motifs is 6. The molecule has 0 unspecified atom stereocenters. The van der Waals surface area contributed by atoms with Crippen LogP contribution in [-0.4, -0.2) is 29.6 Å². The van der Waals surface area contributed by atoms with Gasteiger partial charge in [-0.05, 0) is 52.9 Å². The monoisotopic (exact) mass is 570 g/mol. The van der Waals surface area contributed by atoms with Crippen LogP contribution in [0.5, 0.6) is 0 Å². The number of hydrogen-bond acceptors (Lipinski definition) is 5. The summed E-state index contributed by atoms with van der Waals surface area (Å²) in [6, 6.07) is 21.9. The molecule has 3 aliphatic heterocycles. The molecular weight excluding hydrogens is 551 g/mol. The Balaban J connectivity index is 1.55. The van der Waals surface area contributed by atoms with Crippen molar-refractivity contribution in [2.24, 2.45) is 5.92 Å². The molecule has 0 aliphatic carbocycles. The zero-order valence-electron chi connectivity index (χ0n) is 20.3. The molecule has 3 aliphatic rings. The second-order valence-corrected chi connectivity index (χ2v) is 11.7. The molecule has 5 nitrogen and oxygen atoms in total. The maximum atomic E-state index is 14.7. The molecule has 39 heavy (non-hydrogen) atoms. The summed E-state index contributed by atoms with van der Waals surface area (Å²) in [6.07, 6.45) is 3.93. The van der Waals surface area contributed by atoms with Gasteiger partial charge in [0, 0.05) is 22.0 Å². The highest BCUT2D eigenvalue weighted by Gasteiger charge is 2.70. The lowest BCUT2D eigenvalue weighted by Crippen LogP contribution is -2.51. The number of Topliss-reactive ketones (excluding diaryl/α,β-unsaturated/α-hetero) is 2. The minimum atomic E-state index is -1.38. The van der Waals surface area contributed by atoms with Gasteiger partial charge >= 0.3 is 0 Å². The van der Waals surface area contributed by atoms with Gasteiger partial charge in [0.15, 0.2) is 11.6 Å². The summed E-state index contributed by atoms with van der Waals surface area (Å²) in [7, 11) is 0. The standard InChI is InChI=1S/C31H20Cl2N2O3S/c32-18-12-13-19(21(33)16-18)28(36)26-27(29(37)24-10-5-15-39-24)35-23-9-4-1-6-17(23)11-14-25(35)31(26)20-7-2-3-8-22(20)34-30(31)38/h1-16,25-27H,(H,34,38)/t25-,26-,27+,31-/m1/s1. The number of para-hydroxylation sites is 2. The number of amides is 1. The van der Waals surface area contributed by atoms with Crippen LogP contribution in [0.15, 0.2) is 90.3 Å². The Kier molecular flexibility index (Phi) is 5.56. The highest BCUT2D eigenvalue weighted by atomic mass is 35.5. The average molecular weight is 571 g/mol. The van der Waals surface area contributed by atoms with Crippen molar-refractivity contribution in [3.05, 3.63) is 122 Å². The molecular formula is C31H20Cl2N2O3S. The molecule has 8 heteroatoms. The minimum absolute atomic E-state index is 0.178. The maximum absolute atomic E-state index is 14.7.